The van der Waals surface area contributed by atoms with Gasteiger partial charge in [-0.2, -0.15) is 0 Å². The predicted octanol–water partition coefficient (Wildman–Crippen LogP) is 18.2. The predicted molar refractivity (Wildman–Crippen MR) is 279 cm³/mol. The Morgan fingerprint density at radius 2 is 0.631 bits per heavy atom. The van der Waals surface area contributed by atoms with Crippen LogP contribution in [0.25, 0.3) is 0 Å². The molecule has 0 saturated heterocycles. The van der Waals surface area contributed by atoms with Crippen molar-refractivity contribution < 1.29 is 28.6 Å². The molecule has 0 spiro atoms. The third kappa shape index (κ3) is 51.7. The van der Waals surface area contributed by atoms with Gasteiger partial charge in [0, 0.05) is 19.3 Å². The number of esters is 3. The lowest BCUT2D eigenvalue weighted by Crippen LogP contribution is -2.30. The Hall–Kier alpha value is -3.15. The zero-order valence-corrected chi connectivity index (χ0v) is 42.7. The van der Waals surface area contributed by atoms with E-state index >= 15 is 0 Å². The van der Waals surface area contributed by atoms with Gasteiger partial charge in [0.25, 0.3) is 0 Å². The Balaban J connectivity index is 4.01. The topological polar surface area (TPSA) is 78.9 Å². The van der Waals surface area contributed by atoms with Crippen LogP contribution in [0.3, 0.4) is 0 Å². The number of rotatable bonds is 49. The highest BCUT2D eigenvalue weighted by atomic mass is 16.6. The summed E-state index contributed by atoms with van der Waals surface area (Å²) >= 11 is 0. The average molecular weight is 907 g/mol. The van der Waals surface area contributed by atoms with Crippen LogP contribution in [-0.4, -0.2) is 37.2 Å². The SMILES string of the molecule is CC/C=C\C/C=C\C/C=C\C/C=C\CCC(=O)OC(COC(=O)CCCCCCC)COC(=O)CCCCCCCCCCCCCCCCCCC/C=C\C/C=C\CCCCCCC. The molecule has 0 saturated carbocycles. The van der Waals surface area contributed by atoms with E-state index in [1.165, 1.54) is 135 Å². The van der Waals surface area contributed by atoms with E-state index in [4.69, 9.17) is 14.2 Å². The molecule has 0 fully saturated rings. The van der Waals surface area contributed by atoms with Crippen molar-refractivity contribution in [2.75, 3.05) is 13.2 Å². The van der Waals surface area contributed by atoms with E-state index in [0.29, 0.717) is 19.3 Å². The van der Waals surface area contributed by atoms with Gasteiger partial charge < -0.3 is 14.2 Å². The molecule has 0 aromatic carbocycles. The first kappa shape index (κ1) is 61.9. The molecule has 0 aromatic rings. The molecular weight excluding hydrogens is 805 g/mol. The van der Waals surface area contributed by atoms with Gasteiger partial charge >= 0.3 is 17.9 Å². The van der Waals surface area contributed by atoms with Gasteiger partial charge in [-0.3, -0.25) is 14.4 Å². The summed E-state index contributed by atoms with van der Waals surface area (Å²) in [7, 11) is 0. The van der Waals surface area contributed by atoms with Crippen molar-refractivity contribution in [3.8, 4) is 0 Å². The minimum Gasteiger partial charge on any atom is -0.462 e. The lowest BCUT2D eigenvalue weighted by atomic mass is 10.0. The maximum absolute atomic E-state index is 12.7. The Morgan fingerprint density at radius 1 is 0.323 bits per heavy atom. The second-order valence-corrected chi connectivity index (χ2v) is 18.1. The number of unbranched alkanes of at least 4 members (excludes halogenated alkanes) is 26. The molecule has 0 N–H and O–H groups in total. The van der Waals surface area contributed by atoms with Gasteiger partial charge in [0.15, 0.2) is 6.10 Å². The summed E-state index contributed by atoms with van der Waals surface area (Å²) in [5, 5.41) is 0. The van der Waals surface area contributed by atoms with Crippen LogP contribution in [0.4, 0.5) is 0 Å². The summed E-state index contributed by atoms with van der Waals surface area (Å²) in [4.78, 5) is 37.6. The van der Waals surface area contributed by atoms with E-state index in [9.17, 15) is 14.4 Å². The highest BCUT2D eigenvalue weighted by molar-refractivity contribution is 5.71. The van der Waals surface area contributed by atoms with E-state index in [1.807, 2.05) is 12.2 Å². The molecule has 0 heterocycles. The zero-order valence-electron chi connectivity index (χ0n) is 42.7. The smallest absolute Gasteiger partial charge is 0.306 e. The third-order valence-corrected chi connectivity index (χ3v) is 11.7. The van der Waals surface area contributed by atoms with Crippen molar-refractivity contribution in [3.05, 3.63) is 72.9 Å². The second kappa shape index (κ2) is 53.5. The molecule has 0 amide bonds. The molecule has 0 aliphatic rings. The van der Waals surface area contributed by atoms with Gasteiger partial charge in [0.2, 0.25) is 0 Å². The number of carbonyl (C=O) groups excluding carboxylic acids is 3. The number of allylic oxidation sites excluding steroid dienone is 12. The highest BCUT2D eigenvalue weighted by Gasteiger charge is 2.19. The summed E-state index contributed by atoms with van der Waals surface area (Å²) < 4.78 is 16.6. The van der Waals surface area contributed by atoms with Crippen LogP contribution in [0.15, 0.2) is 72.9 Å². The first-order valence-corrected chi connectivity index (χ1v) is 27.4. The van der Waals surface area contributed by atoms with Gasteiger partial charge in [-0.1, -0.05) is 241 Å². The molecule has 374 valence electrons. The van der Waals surface area contributed by atoms with Crippen molar-refractivity contribution >= 4 is 17.9 Å². The van der Waals surface area contributed by atoms with Crippen LogP contribution >= 0.6 is 0 Å². The second-order valence-electron chi connectivity index (χ2n) is 18.1. The van der Waals surface area contributed by atoms with Crippen LogP contribution in [0.1, 0.15) is 265 Å². The van der Waals surface area contributed by atoms with Crippen LogP contribution in [0, 0.1) is 0 Å². The molecule has 0 aliphatic carbocycles. The fourth-order valence-electron chi connectivity index (χ4n) is 7.60. The Kier molecular flexibility index (Phi) is 50.9. The van der Waals surface area contributed by atoms with Crippen molar-refractivity contribution in [3.63, 3.8) is 0 Å². The molecule has 0 bridgehead atoms. The Labute approximate surface area is 402 Å². The summed E-state index contributed by atoms with van der Waals surface area (Å²) in [5.74, 6) is -0.997. The van der Waals surface area contributed by atoms with Gasteiger partial charge in [-0.25, -0.2) is 0 Å². The summed E-state index contributed by atoms with van der Waals surface area (Å²) in [5.41, 5.74) is 0. The van der Waals surface area contributed by atoms with Crippen molar-refractivity contribution in [2.45, 2.75) is 271 Å². The van der Waals surface area contributed by atoms with Gasteiger partial charge in [0.1, 0.15) is 13.2 Å². The molecule has 6 nitrogen and oxygen atoms in total. The normalized spacial score (nSPS) is 12.6. The van der Waals surface area contributed by atoms with Gasteiger partial charge in [-0.05, 0) is 77.0 Å². The number of carbonyl (C=O) groups is 3. The maximum Gasteiger partial charge on any atom is 0.306 e. The lowest BCUT2D eigenvalue weighted by Gasteiger charge is -2.18. The average Bonchev–Trinajstić information content (AvgIpc) is 3.30. The number of hydrogen-bond donors (Lipinski definition) is 0. The summed E-state index contributed by atoms with van der Waals surface area (Å²) in [6, 6.07) is 0. The summed E-state index contributed by atoms with van der Waals surface area (Å²) in [6.07, 6.45) is 68.3. The van der Waals surface area contributed by atoms with Crippen molar-refractivity contribution in [1.29, 1.82) is 0 Å². The van der Waals surface area contributed by atoms with E-state index in [1.54, 1.807) is 0 Å². The van der Waals surface area contributed by atoms with E-state index in [2.05, 4.69) is 81.5 Å². The lowest BCUT2D eigenvalue weighted by molar-refractivity contribution is -0.166. The first-order valence-electron chi connectivity index (χ1n) is 27.4. The third-order valence-electron chi connectivity index (χ3n) is 11.7. The quantitative estimate of drug-likeness (QED) is 0.0262. The molecule has 0 aromatic heterocycles. The fourth-order valence-corrected chi connectivity index (χ4v) is 7.60. The molecular formula is C59H102O6. The molecule has 65 heavy (non-hydrogen) atoms. The zero-order chi connectivity index (χ0) is 47.2. The fraction of sp³-hybridized carbons (Fsp3) is 0.746. The largest absolute Gasteiger partial charge is 0.462 e. The molecule has 0 rings (SSSR count). The van der Waals surface area contributed by atoms with E-state index in [-0.39, 0.29) is 31.6 Å². The Bertz CT molecular complexity index is 1230. The van der Waals surface area contributed by atoms with E-state index in [0.717, 1.165) is 83.5 Å². The van der Waals surface area contributed by atoms with Crippen molar-refractivity contribution in [2.24, 2.45) is 0 Å². The standard InChI is InChI=1S/C59H102O6/c1-4-7-10-13-15-17-19-21-22-23-24-25-26-27-28-29-30-31-32-33-34-35-36-38-39-41-43-46-49-52-58(61)64-55-56(54-63-57(60)51-48-45-12-9-6-3)65-59(62)53-50-47-44-42-40-37-20-18-16-14-11-8-5-2/h8,11,16,18-19,21,23-24,37,40,44,47,56H,4-7,9-10,12-15,17,20,22,25-36,38-39,41-43,45-46,48-55H2,1-3H3/b11-8-,18-16-,21-19-,24-23-,40-37-,47-44-. The summed E-state index contributed by atoms with van der Waals surface area (Å²) in [6.45, 7) is 6.37. The molecule has 0 aliphatic heterocycles. The molecule has 0 radical (unpaired) electrons. The maximum atomic E-state index is 12.7. The van der Waals surface area contributed by atoms with Crippen LogP contribution in [-0.2, 0) is 28.6 Å². The van der Waals surface area contributed by atoms with Crippen LogP contribution in [0.2, 0.25) is 0 Å². The number of hydrogen-bond acceptors (Lipinski definition) is 6. The molecule has 6 heteroatoms. The van der Waals surface area contributed by atoms with E-state index < -0.39 is 12.1 Å². The number of ether oxygens (including phenoxy) is 3. The Morgan fingerprint density at radius 3 is 1.00 bits per heavy atom. The van der Waals surface area contributed by atoms with Gasteiger partial charge in [0.05, 0.1) is 0 Å². The minimum atomic E-state index is -0.807. The molecule has 1 unspecified atom stereocenters. The highest BCUT2D eigenvalue weighted by Crippen LogP contribution is 2.16. The van der Waals surface area contributed by atoms with Crippen molar-refractivity contribution in [1.82, 2.24) is 0 Å². The molecule has 1 atom stereocenters. The van der Waals surface area contributed by atoms with Crippen LogP contribution < -0.4 is 0 Å². The van der Waals surface area contributed by atoms with Gasteiger partial charge in [-0.15, -0.1) is 0 Å². The minimum absolute atomic E-state index is 0.103. The van der Waals surface area contributed by atoms with Crippen LogP contribution in [0.5, 0.6) is 0 Å². The monoisotopic (exact) mass is 907 g/mol. The first-order chi connectivity index (χ1) is 32.0.